The maximum Gasteiger partial charge on any atom is 0.315 e. The number of hydrogen-bond acceptors (Lipinski definition) is 2. The minimum absolute atomic E-state index is 0.0469. The van der Waals surface area contributed by atoms with E-state index in [-0.39, 0.29) is 12.1 Å². The summed E-state index contributed by atoms with van der Waals surface area (Å²) >= 11 is 0. The van der Waals surface area contributed by atoms with Gasteiger partial charge in [0, 0.05) is 19.1 Å². The highest BCUT2D eigenvalue weighted by Gasteiger charge is 2.14. The van der Waals surface area contributed by atoms with Gasteiger partial charge >= 0.3 is 6.03 Å². The summed E-state index contributed by atoms with van der Waals surface area (Å²) in [4.78, 5) is 13.6. The van der Waals surface area contributed by atoms with Crippen molar-refractivity contribution in [1.29, 1.82) is 0 Å². The van der Waals surface area contributed by atoms with E-state index in [0.717, 1.165) is 25.9 Å². The Morgan fingerprint density at radius 2 is 1.94 bits per heavy atom. The average Bonchev–Trinajstić information content (AvgIpc) is 2.12. The van der Waals surface area contributed by atoms with Gasteiger partial charge in [-0.05, 0) is 32.9 Å². The van der Waals surface area contributed by atoms with Gasteiger partial charge in [0.25, 0.3) is 0 Å². The summed E-state index contributed by atoms with van der Waals surface area (Å²) in [5, 5.41) is 5.86. The van der Waals surface area contributed by atoms with E-state index in [1.165, 1.54) is 0 Å². The predicted molar refractivity (Wildman–Crippen MR) is 68.6 cm³/mol. The Morgan fingerprint density at radius 1 is 1.31 bits per heavy atom. The third-order valence-electron chi connectivity index (χ3n) is 2.21. The molecular weight excluding hydrogens is 202 g/mol. The monoisotopic (exact) mass is 229 g/mol. The van der Waals surface area contributed by atoms with E-state index in [2.05, 4.69) is 29.4 Å². The molecule has 0 aromatic heterocycles. The van der Waals surface area contributed by atoms with Gasteiger partial charge in [0.15, 0.2) is 0 Å². The first-order chi connectivity index (χ1) is 7.45. The lowest BCUT2D eigenvalue weighted by Crippen LogP contribution is -2.47. The van der Waals surface area contributed by atoms with Crippen molar-refractivity contribution >= 4 is 6.03 Å². The quantitative estimate of drug-likeness (QED) is 0.697. The van der Waals surface area contributed by atoms with Crippen LogP contribution in [0.3, 0.4) is 0 Å². The predicted octanol–water partition coefficient (Wildman–Crippen LogP) is 1.67. The molecule has 0 fully saturated rings. The van der Waals surface area contributed by atoms with Crippen molar-refractivity contribution in [2.24, 2.45) is 5.92 Å². The second-order valence-electron chi connectivity index (χ2n) is 4.99. The zero-order valence-electron chi connectivity index (χ0n) is 11.3. The maximum absolute atomic E-state index is 11.5. The van der Waals surface area contributed by atoms with Gasteiger partial charge < -0.3 is 15.5 Å². The Morgan fingerprint density at radius 3 is 2.38 bits per heavy atom. The molecule has 0 saturated carbocycles. The highest BCUT2D eigenvalue weighted by Crippen LogP contribution is 2.05. The topological polar surface area (TPSA) is 44.4 Å². The van der Waals surface area contributed by atoms with Crippen LogP contribution in [0.4, 0.5) is 4.79 Å². The number of hydrogen-bond donors (Lipinski definition) is 2. The first-order valence-corrected chi connectivity index (χ1v) is 6.14. The van der Waals surface area contributed by atoms with Crippen LogP contribution in [0, 0.1) is 5.92 Å². The average molecular weight is 229 g/mol. The first kappa shape index (κ1) is 15.2. The highest BCUT2D eigenvalue weighted by molar-refractivity contribution is 5.74. The number of carbonyl (C=O) groups is 1. The van der Waals surface area contributed by atoms with E-state index in [0.29, 0.717) is 5.92 Å². The fourth-order valence-corrected chi connectivity index (χ4v) is 1.66. The van der Waals surface area contributed by atoms with Crippen LogP contribution >= 0.6 is 0 Å². The van der Waals surface area contributed by atoms with Crippen LogP contribution in [0.25, 0.3) is 0 Å². The summed E-state index contributed by atoms with van der Waals surface area (Å²) in [7, 11) is 4.05. The zero-order chi connectivity index (χ0) is 12.6. The minimum atomic E-state index is -0.0469. The lowest BCUT2D eigenvalue weighted by Gasteiger charge is -2.24. The molecule has 16 heavy (non-hydrogen) atoms. The largest absolute Gasteiger partial charge is 0.338 e. The SMILES string of the molecule is CCCNC(=O)NC(CC(C)C)CN(C)C. The molecule has 0 bridgehead atoms. The summed E-state index contributed by atoms with van der Waals surface area (Å²) < 4.78 is 0. The smallest absolute Gasteiger partial charge is 0.315 e. The number of nitrogens with one attached hydrogen (secondary N) is 2. The van der Waals surface area contributed by atoms with Crippen molar-refractivity contribution in [2.75, 3.05) is 27.2 Å². The molecule has 4 nitrogen and oxygen atoms in total. The van der Waals surface area contributed by atoms with Crippen LogP contribution < -0.4 is 10.6 Å². The molecule has 0 aromatic carbocycles. The van der Waals surface area contributed by atoms with Crippen LogP contribution in [0.2, 0.25) is 0 Å². The Kier molecular flexibility index (Phi) is 7.99. The molecule has 0 rings (SSSR count). The summed E-state index contributed by atoms with van der Waals surface area (Å²) in [5.41, 5.74) is 0. The molecule has 4 heteroatoms. The van der Waals surface area contributed by atoms with Crippen molar-refractivity contribution in [3.8, 4) is 0 Å². The molecule has 2 N–H and O–H groups in total. The third kappa shape index (κ3) is 8.53. The van der Waals surface area contributed by atoms with Gasteiger partial charge in [0.2, 0.25) is 0 Å². The highest BCUT2D eigenvalue weighted by atomic mass is 16.2. The number of nitrogens with zero attached hydrogens (tertiary/aromatic N) is 1. The summed E-state index contributed by atoms with van der Waals surface area (Å²) in [5.74, 6) is 0.594. The second-order valence-corrected chi connectivity index (χ2v) is 4.99. The standard InChI is InChI=1S/C12H27N3O/c1-6-7-13-12(16)14-11(8-10(2)3)9-15(4)5/h10-11H,6-9H2,1-5H3,(H2,13,14,16). The molecule has 0 aromatic rings. The van der Waals surface area contributed by atoms with Gasteiger partial charge in [-0.3, -0.25) is 0 Å². The van der Waals surface area contributed by atoms with Crippen LogP contribution in [0.1, 0.15) is 33.6 Å². The third-order valence-corrected chi connectivity index (χ3v) is 2.21. The number of urea groups is 1. The molecule has 0 spiro atoms. The van der Waals surface area contributed by atoms with Crippen molar-refractivity contribution in [3.63, 3.8) is 0 Å². The van der Waals surface area contributed by atoms with Crippen molar-refractivity contribution in [3.05, 3.63) is 0 Å². The molecule has 1 unspecified atom stereocenters. The van der Waals surface area contributed by atoms with E-state index in [9.17, 15) is 4.79 Å². The summed E-state index contributed by atoms with van der Waals surface area (Å²) in [6.07, 6.45) is 1.98. The summed E-state index contributed by atoms with van der Waals surface area (Å²) in [6, 6.07) is 0.182. The molecule has 2 amide bonds. The molecule has 0 heterocycles. The number of carbonyl (C=O) groups excluding carboxylic acids is 1. The Hall–Kier alpha value is -0.770. The molecule has 0 aliphatic carbocycles. The fraction of sp³-hybridized carbons (Fsp3) is 0.917. The van der Waals surface area contributed by atoms with Gasteiger partial charge in [0.1, 0.15) is 0 Å². The van der Waals surface area contributed by atoms with Crippen molar-refractivity contribution in [2.45, 2.75) is 39.7 Å². The summed E-state index contributed by atoms with van der Waals surface area (Å²) in [6.45, 7) is 8.02. The second kappa shape index (κ2) is 8.39. The van der Waals surface area contributed by atoms with Gasteiger partial charge in [-0.15, -0.1) is 0 Å². The van der Waals surface area contributed by atoms with Crippen molar-refractivity contribution < 1.29 is 4.79 Å². The van der Waals surface area contributed by atoms with Crippen LogP contribution in [0.15, 0.2) is 0 Å². The van der Waals surface area contributed by atoms with Crippen LogP contribution in [0.5, 0.6) is 0 Å². The Labute approximate surface area is 99.8 Å². The molecule has 0 aliphatic heterocycles. The molecule has 0 radical (unpaired) electrons. The van der Waals surface area contributed by atoms with E-state index in [1.54, 1.807) is 0 Å². The van der Waals surface area contributed by atoms with Gasteiger partial charge in [-0.1, -0.05) is 20.8 Å². The van der Waals surface area contributed by atoms with Crippen LogP contribution in [-0.4, -0.2) is 44.2 Å². The van der Waals surface area contributed by atoms with Gasteiger partial charge in [-0.2, -0.15) is 0 Å². The molecule has 1 atom stereocenters. The number of rotatable bonds is 7. The van der Waals surface area contributed by atoms with Crippen LogP contribution in [-0.2, 0) is 0 Å². The fourth-order valence-electron chi connectivity index (χ4n) is 1.66. The molecular formula is C12H27N3O. The Balaban J connectivity index is 4.03. The minimum Gasteiger partial charge on any atom is -0.338 e. The van der Waals surface area contributed by atoms with E-state index in [4.69, 9.17) is 0 Å². The molecule has 0 aliphatic rings. The van der Waals surface area contributed by atoms with E-state index >= 15 is 0 Å². The van der Waals surface area contributed by atoms with E-state index < -0.39 is 0 Å². The first-order valence-electron chi connectivity index (χ1n) is 6.14. The number of amides is 2. The lowest BCUT2D eigenvalue weighted by atomic mass is 10.0. The normalized spacial score (nSPS) is 12.9. The number of likely N-dealkylation sites (N-methyl/N-ethyl adjacent to an activating group) is 1. The Bertz CT molecular complexity index is 183. The van der Waals surface area contributed by atoms with Crippen molar-refractivity contribution in [1.82, 2.24) is 15.5 Å². The van der Waals surface area contributed by atoms with Gasteiger partial charge in [-0.25, -0.2) is 4.79 Å². The van der Waals surface area contributed by atoms with Gasteiger partial charge in [0.05, 0.1) is 0 Å². The molecule has 96 valence electrons. The lowest BCUT2D eigenvalue weighted by molar-refractivity contribution is 0.229. The van der Waals surface area contributed by atoms with E-state index in [1.807, 2.05) is 21.0 Å². The molecule has 0 saturated heterocycles. The zero-order valence-corrected chi connectivity index (χ0v) is 11.3. The maximum atomic E-state index is 11.5.